The van der Waals surface area contributed by atoms with Gasteiger partial charge >= 0.3 is 0 Å². The van der Waals surface area contributed by atoms with Crippen molar-refractivity contribution in [3.05, 3.63) is 48.0 Å². The maximum absolute atomic E-state index is 12.0. The molecule has 0 spiro atoms. The number of carbonyl (C=O) groups is 1. The van der Waals surface area contributed by atoms with Crippen LogP contribution in [0.5, 0.6) is 0 Å². The number of imidazole rings is 1. The zero-order valence-corrected chi connectivity index (χ0v) is 10.5. The van der Waals surface area contributed by atoms with E-state index in [1.807, 2.05) is 37.4 Å². The van der Waals surface area contributed by atoms with E-state index >= 15 is 0 Å². The minimum absolute atomic E-state index is 0.0468. The van der Waals surface area contributed by atoms with Crippen molar-refractivity contribution in [2.24, 2.45) is 0 Å². The Balaban J connectivity index is 1.77. The van der Waals surface area contributed by atoms with Gasteiger partial charge < -0.3 is 15.3 Å². The van der Waals surface area contributed by atoms with Crippen LogP contribution < -0.4 is 5.32 Å². The number of hydrogen-bond acceptors (Lipinski definition) is 2. The number of aromatic amines is 2. The fourth-order valence-corrected chi connectivity index (χ4v) is 2.12. The normalized spacial score (nSPS) is 10.8. The van der Waals surface area contributed by atoms with Crippen LogP contribution in [0.15, 0.2) is 36.8 Å². The summed E-state index contributed by atoms with van der Waals surface area (Å²) < 4.78 is 0. The Hall–Kier alpha value is -2.56. The van der Waals surface area contributed by atoms with Crippen LogP contribution >= 0.6 is 0 Å². The first-order valence-corrected chi connectivity index (χ1v) is 6.08. The molecule has 0 fully saturated rings. The second kappa shape index (κ2) is 4.61. The van der Waals surface area contributed by atoms with Crippen molar-refractivity contribution >= 4 is 22.6 Å². The third-order valence-corrected chi connectivity index (χ3v) is 2.98. The number of aromatic nitrogens is 3. The lowest BCUT2D eigenvalue weighted by Crippen LogP contribution is -2.14. The van der Waals surface area contributed by atoms with Crippen molar-refractivity contribution in [3.63, 3.8) is 0 Å². The molecule has 19 heavy (non-hydrogen) atoms. The molecule has 0 atom stereocenters. The van der Waals surface area contributed by atoms with Gasteiger partial charge in [0.15, 0.2) is 0 Å². The maximum Gasteiger partial charge on any atom is 0.228 e. The molecule has 5 nitrogen and oxygen atoms in total. The van der Waals surface area contributed by atoms with Crippen LogP contribution in [0.2, 0.25) is 0 Å². The van der Waals surface area contributed by atoms with E-state index in [0.29, 0.717) is 6.42 Å². The Labute approximate surface area is 110 Å². The Bertz CT molecular complexity index is 726. The van der Waals surface area contributed by atoms with Crippen LogP contribution in [0.3, 0.4) is 0 Å². The molecule has 96 valence electrons. The first-order chi connectivity index (χ1) is 9.22. The molecule has 3 N–H and O–H groups in total. The van der Waals surface area contributed by atoms with E-state index in [1.165, 1.54) is 0 Å². The number of benzene rings is 1. The first-order valence-electron chi connectivity index (χ1n) is 6.08. The molecule has 0 unspecified atom stereocenters. The molecule has 2 aromatic heterocycles. The second-order valence-corrected chi connectivity index (χ2v) is 4.52. The monoisotopic (exact) mass is 254 g/mol. The minimum Gasteiger partial charge on any atom is -0.365 e. The van der Waals surface area contributed by atoms with Crippen LogP contribution in [-0.2, 0) is 11.2 Å². The van der Waals surface area contributed by atoms with E-state index in [1.54, 1.807) is 6.33 Å². The van der Waals surface area contributed by atoms with Crippen LogP contribution in [-0.4, -0.2) is 20.9 Å². The number of aryl methyl sites for hydroxylation is 1. The molecule has 1 aromatic carbocycles. The van der Waals surface area contributed by atoms with Crippen LogP contribution in [0, 0.1) is 6.92 Å². The highest BCUT2D eigenvalue weighted by Crippen LogP contribution is 2.19. The quantitative estimate of drug-likeness (QED) is 0.671. The highest BCUT2D eigenvalue weighted by atomic mass is 16.1. The van der Waals surface area contributed by atoms with Gasteiger partial charge in [0.2, 0.25) is 5.91 Å². The molecule has 3 aromatic rings. The van der Waals surface area contributed by atoms with Crippen molar-refractivity contribution in [2.75, 3.05) is 5.32 Å². The predicted octanol–water partition coefficient (Wildman–Crippen LogP) is 2.38. The van der Waals surface area contributed by atoms with E-state index in [-0.39, 0.29) is 5.91 Å². The van der Waals surface area contributed by atoms with E-state index in [2.05, 4.69) is 20.3 Å². The molecule has 3 rings (SSSR count). The SMILES string of the molecule is Cc1cc(CC(=O)Nc2cccc3[nH]cnc23)c[nH]1. The Morgan fingerprint density at radius 1 is 1.37 bits per heavy atom. The molecule has 0 aliphatic carbocycles. The van der Waals surface area contributed by atoms with Crippen molar-refractivity contribution in [2.45, 2.75) is 13.3 Å². The smallest absolute Gasteiger partial charge is 0.228 e. The molecular formula is C14H14N4O. The molecular weight excluding hydrogens is 240 g/mol. The predicted molar refractivity (Wildman–Crippen MR) is 74.0 cm³/mol. The summed E-state index contributed by atoms with van der Waals surface area (Å²) in [5.41, 5.74) is 4.45. The number of para-hydroxylation sites is 1. The standard InChI is InChI=1S/C14H14N4O/c1-9-5-10(7-15-9)6-13(19)18-12-4-2-3-11-14(12)17-8-16-11/h2-5,7-8,15H,6H2,1H3,(H,16,17)(H,18,19). The number of nitrogens with zero attached hydrogens (tertiary/aromatic N) is 1. The molecule has 0 aliphatic heterocycles. The summed E-state index contributed by atoms with van der Waals surface area (Å²) in [5, 5.41) is 2.89. The number of H-pyrrole nitrogens is 2. The second-order valence-electron chi connectivity index (χ2n) is 4.52. The average molecular weight is 254 g/mol. The van der Waals surface area contributed by atoms with Gasteiger partial charge in [-0.25, -0.2) is 4.98 Å². The third-order valence-electron chi connectivity index (χ3n) is 2.98. The zero-order chi connectivity index (χ0) is 13.2. The third kappa shape index (κ3) is 2.35. The molecule has 5 heteroatoms. The summed E-state index contributed by atoms with van der Waals surface area (Å²) in [6.45, 7) is 1.96. The fourth-order valence-electron chi connectivity index (χ4n) is 2.12. The zero-order valence-electron chi connectivity index (χ0n) is 10.5. The number of amides is 1. The summed E-state index contributed by atoms with van der Waals surface area (Å²) in [7, 11) is 0. The van der Waals surface area contributed by atoms with Crippen LogP contribution in [0.1, 0.15) is 11.3 Å². The van der Waals surface area contributed by atoms with Gasteiger partial charge in [0.1, 0.15) is 5.52 Å². The van der Waals surface area contributed by atoms with Crippen molar-refractivity contribution in [3.8, 4) is 0 Å². The summed E-state index contributed by atoms with van der Waals surface area (Å²) in [6, 6.07) is 7.63. The maximum atomic E-state index is 12.0. The molecule has 1 amide bonds. The molecule has 0 saturated heterocycles. The lowest BCUT2D eigenvalue weighted by Gasteiger charge is -2.04. The number of carbonyl (C=O) groups excluding carboxylic acids is 1. The van der Waals surface area contributed by atoms with Crippen molar-refractivity contribution in [1.82, 2.24) is 15.0 Å². The van der Waals surface area contributed by atoms with Gasteiger partial charge in [-0.1, -0.05) is 6.07 Å². The van der Waals surface area contributed by atoms with Crippen molar-refractivity contribution in [1.29, 1.82) is 0 Å². The Morgan fingerprint density at radius 2 is 2.26 bits per heavy atom. The number of nitrogens with one attached hydrogen (secondary N) is 3. The van der Waals surface area contributed by atoms with E-state index in [0.717, 1.165) is 28.0 Å². The Morgan fingerprint density at radius 3 is 3.05 bits per heavy atom. The number of fused-ring (bicyclic) bond motifs is 1. The van der Waals surface area contributed by atoms with Gasteiger partial charge in [-0.2, -0.15) is 0 Å². The van der Waals surface area contributed by atoms with Crippen LogP contribution in [0.25, 0.3) is 11.0 Å². The van der Waals surface area contributed by atoms with Gasteiger partial charge in [-0.05, 0) is 30.7 Å². The molecule has 0 bridgehead atoms. The Kier molecular flexibility index (Phi) is 2.79. The van der Waals surface area contributed by atoms with Gasteiger partial charge in [0.25, 0.3) is 0 Å². The van der Waals surface area contributed by atoms with Gasteiger partial charge in [-0.3, -0.25) is 4.79 Å². The largest absolute Gasteiger partial charge is 0.365 e. The van der Waals surface area contributed by atoms with Gasteiger partial charge in [-0.15, -0.1) is 0 Å². The summed E-state index contributed by atoms with van der Waals surface area (Å²) in [5.74, 6) is -0.0468. The van der Waals surface area contributed by atoms with Gasteiger partial charge in [0, 0.05) is 11.9 Å². The fraction of sp³-hybridized carbons (Fsp3) is 0.143. The first kappa shape index (κ1) is 11.5. The van der Waals surface area contributed by atoms with E-state index < -0.39 is 0 Å². The molecule has 2 heterocycles. The summed E-state index contributed by atoms with van der Waals surface area (Å²) in [6.07, 6.45) is 3.82. The van der Waals surface area contributed by atoms with E-state index in [9.17, 15) is 4.79 Å². The number of anilines is 1. The van der Waals surface area contributed by atoms with E-state index in [4.69, 9.17) is 0 Å². The average Bonchev–Trinajstić information content (AvgIpc) is 2.98. The molecule has 0 radical (unpaired) electrons. The summed E-state index contributed by atoms with van der Waals surface area (Å²) >= 11 is 0. The highest BCUT2D eigenvalue weighted by Gasteiger charge is 2.08. The topological polar surface area (TPSA) is 73.6 Å². The van der Waals surface area contributed by atoms with Crippen LogP contribution in [0.4, 0.5) is 5.69 Å². The highest BCUT2D eigenvalue weighted by molar-refractivity contribution is 6.00. The number of hydrogen-bond donors (Lipinski definition) is 3. The van der Waals surface area contributed by atoms with Gasteiger partial charge in [0.05, 0.1) is 24.0 Å². The minimum atomic E-state index is -0.0468. The van der Waals surface area contributed by atoms with Crippen molar-refractivity contribution < 1.29 is 4.79 Å². The lowest BCUT2D eigenvalue weighted by molar-refractivity contribution is -0.115. The molecule has 0 aliphatic rings. The lowest BCUT2D eigenvalue weighted by atomic mass is 10.2. The molecule has 0 saturated carbocycles. The number of rotatable bonds is 3. The summed E-state index contributed by atoms with van der Waals surface area (Å²) in [4.78, 5) is 22.3.